The van der Waals surface area contributed by atoms with Crippen molar-refractivity contribution in [3.63, 3.8) is 0 Å². The molecule has 1 aromatic carbocycles. The van der Waals surface area contributed by atoms with Crippen LogP contribution in [0.5, 0.6) is 0 Å². The van der Waals surface area contributed by atoms with Gasteiger partial charge >= 0.3 is 0 Å². The Hall–Kier alpha value is -3.51. The SMILES string of the molecule is CN(Cc1ccncc1)C(=O)/C=C/c1cn(-c2ccccc2)nc1-c1cccs1. The number of carbonyl (C=O) groups is 1. The molecule has 0 spiro atoms. The van der Waals surface area contributed by atoms with Crippen LogP contribution < -0.4 is 0 Å². The number of benzene rings is 1. The first-order valence-corrected chi connectivity index (χ1v) is 10.1. The quantitative estimate of drug-likeness (QED) is 0.442. The smallest absolute Gasteiger partial charge is 0.246 e. The maximum absolute atomic E-state index is 12.6. The lowest BCUT2D eigenvalue weighted by Gasteiger charge is -2.14. The summed E-state index contributed by atoms with van der Waals surface area (Å²) in [6.45, 7) is 0.534. The first-order chi connectivity index (χ1) is 14.2. The number of aromatic nitrogens is 3. The van der Waals surface area contributed by atoms with E-state index in [9.17, 15) is 4.79 Å². The zero-order valence-corrected chi connectivity index (χ0v) is 16.8. The van der Waals surface area contributed by atoms with Crippen molar-refractivity contribution in [1.29, 1.82) is 0 Å². The largest absolute Gasteiger partial charge is 0.338 e. The first-order valence-electron chi connectivity index (χ1n) is 9.22. The fourth-order valence-corrected chi connectivity index (χ4v) is 3.69. The topological polar surface area (TPSA) is 51.0 Å². The van der Waals surface area contributed by atoms with Crippen LogP contribution >= 0.6 is 11.3 Å². The van der Waals surface area contributed by atoms with Gasteiger partial charge in [0.05, 0.1) is 10.6 Å². The number of nitrogens with zero attached hydrogens (tertiary/aromatic N) is 4. The number of hydrogen-bond donors (Lipinski definition) is 0. The summed E-state index contributed by atoms with van der Waals surface area (Å²) in [4.78, 5) is 19.3. The van der Waals surface area contributed by atoms with Crippen molar-refractivity contribution in [3.8, 4) is 16.3 Å². The van der Waals surface area contributed by atoms with Crippen LogP contribution in [0.15, 0.2) is 84.6 Å². The molecular weight excluding hydrogens is 380 g/mol. The van der Waals surface area contributed by atoms with Crippen LogP contribution in [0.1, 0.15) is 11.1 Å². The molecule has 3 aromatic heterocycles. The summed E-state index contributed by atoms with van der Waals surface area (Å²) in [6, 6.07) is 17.8. The van der Waals surface area contributed by atoms with Gasteiger partial charge < -0.3 is 4.90 Å². The molecule has 0 bridgehead atoms. The van der Waals surface area contributed by atoms with Gasteiger partial charge in [-0.2, -0.15) is 5.10 Å². The number of rotatable bonds is 6. The van der Waals surface area contributed by atoms with Crippen LogP contribution in [0, 0.1) is 0 Å². The second-order valence-corrected chi connectivity index (χ2v) is 7.52. The minimum Gasteiger partial charge on any atom is -0.338 e. The highest BCUT2D eigenvalue weighted by molar-refractivity contribution is 7.13. The molecule has 0 saturated carbocycles. The average Bonchev–Trinajstić information content (AvgIpc) is 3.43. The molecule has 0 unspecified atom stereocenters. The Bertz CT molecular complexity index is 1100. The van der Waals surface area contributed by atoms with Crippen molar-refractivity contribution >= 4 is 23.3 Å². The second kappa shape index (κ2) is 8.67. The normalized spacial score (nSPS) is 11.1. The first kappa shape index (κ1) is 18.8. The highest BCUT2D eigenvalue weighted by atomic mass is 32.1. The summed E-state index contributed by atoms with van der Waals surface area (Å²) in [7, 11) is 1.79. The van der Waals surface area contributed by atoms with Crippen molar-refractivity contribution in [2.75, 3.05) is 7.05 Å². The van der Waals surface area contributed by atoms with Crippen LogP contribution in [-0.2, 0) is 11.3 Å². The van der Waals surface area contributed by atoms with Crippen molar-refractivity contribution < 1.29 is 4.79 Å². The average molecular weight is 401 g/mol. The van der Waals surface area contributed by atoms with E-state index in [0.717, 1.165) is 27.4 Å². The molecule has 1 amide bonds. The number of amides is 1. The molecule has 4 rings (SSSR count). The highest BCUT2D eigenvalue weighted by Gasteiger charge is 2.12. The summed E-state index contributed by atoms with van der Waals surface area (Å²) in [5, 5.41) is 6.78. The summed E-state index contributed by atoms with van der Waals surface area (Å²) < 4.78 is 1.85. The zero-order chi connectivity index (χ0) is 20.1. The number of likely N-dealkylation sites (N-methyl/N-ethyl adjacent to an activating group) is 1. The molecule has 4 aromatic rings. The summed E-state index contributed by atoms with van der Waals surface area (Å²) in [5.41, 5.74) is 3.79. The number of thiophene rings is 1. The number of pyridine rings is 1. The van der Waals surface area contributed by atoms with E-state index < -0.39 is 0 Å². The van der Waals surface area contributed by atoms with Crippen molar-refractivity contribution in [3.05, 3.63) is 95.8 Å². The number of hydrogen-bond acceptors (Lipinski definition) is 4. The molecule has 0 aliphatic heterocycles. The molecule has 0 radical (unpaired) electrons. The molecule has 0 N–H and O–H groups in total. The Morgan fingerprint density at radius 1 is 1.10 bits per heavy atom. The zero-order valence-electron chi connectivity index (χ0n) is 16.0. The molecule has 0 atom stereocenters. The van der Waals surface area contributed by atoms with Gasteiger partial charge in [0.1, 0.15) is 5.69 Å². The predicted molar refractivity (Wildman–Crippen MR) is 117 cm³/mol. The Kier molecular flexibility index (Phi) is 5.63. The van der Waals surface area contributed by atoms with E-state index in [4.69, 9.17) is 5.10 Å². The van der Waals surface area contributed by atoms with Gasteiger partial charge in [0, 0.05) is 43.8 Å². The van der Waals surface area contributed by atoms with Crippen LogP contribution in [0.2, 0.25) is 0 Å². The maximum Gasteiger partial charge on any atom is 0.246 e. The molecular formula is C23H20N4OS. The Morgan fingerprint density at radius 2 is 1.90 bits per heavy atom. The standard InChI is InChI=1S/C23H20N4OS/c1-26(16-18-11-13-24-14-12-18)22(28)10-9-19-17-27(20-6-3-2-4-7-20)25-23(19)21-8-5-15-29-21/h2-15,17H,16H2,1H3/b10-9+. The Balaban J connectivity index is 1.58. The third kappa shape index (κ3) is 4.50. The predicted octanol–water partition coefficient (Wildman–Crippen LogP) is 4.67. The molecule has 144 valence electrons. The lowest BCUT2D eigenvalue weighted by atomic mass is 10.2. The van der Waals surface area contributed by atoms with Gasteiger partial charge in [-0.05, 0) is 47.4 Å². The number of para-hydroxylation sites is 1. The van der Waals surface area contributed by atoms with Crippen molar-refractivity contribution in [1.82, 2.24) is 19.7 Å². The van der Waals surface area contributed by atoms with Crippen LogP contribution in [-0.4, -0.2) is 32.6 Å². The van der Waals surface area contributed by atoms with E-state index in [-0.39, 0.29) is 5.91 Å². The molecule has 0 aliphatic carbocycles. The molecule has 0 aliphatic rings. The van der Waals surface area contributed by atoms with Crippen LogP contribution in [0.25, 0.3) is 22.3 Å². The lowest BCUT2D eigenvalue weighted by molar-refractivity contribution is -0.125. The van der Waals surface area contributed by atoms with Crippen LogP contribution in [0.4, 0.5) is 0 Å². The van der Waals surface area contributed by atoms with E-state index in [1.165, 1.54) is 0 Å². The minimum atomic E-state index is -0.0635. The number of carbonyl (C=O) groups excluding carboxylic acids is 1. The molecule has 0 saturated heterocycles. The Labute approximate surface area is 173 Å². The fourth-order valence-electron chi connectivity index (χ4n) is 2.96. The fraction of sp³-hybridized carbons (Fsp3) is 0.0870. The summed E-state index contributed by atoms with van der Waals surface area (Å²) >= 11 is 1.63. The molecule has 5 nitrogen and oxygen atoms in total. The van der Waals surface area contributed by atoms with Gasteiger partial charge in [0.15, 0.2) is 0 Å². The van der Waals surface area contributed by atoms with E-state index in [0.29, 0.717) is 6.54 Å². The highest BCUT2D eigenvalue weighted by Crippen LogP contribution is 2.28. The van der Waals surface area contributed by atoms with Crippen LogP contribution in [0.3, 0.4) is 0 Å². The molecule has 3 heterocycles. The van der Waals surface area contributed by atoms with E-state index in [2.05, 4.69) is 4.98 Å². The second-order valence-electron chi connectivity index (χ2n) is 6.57. The van der Waals surface area contributed by atoms with Gasteiger partial charge in [-0.1, -0.05) is 24.3 Å². The van der Waals surface area contributed by atoms with Gasteiger partial charge in [0.25, 0.3) is 0 Å². The van der Waals surface area contributed by atoms with Crippen molar-refractivity contribution in [2.45, 2.75) is 6.54 Å². The molecule has 29 heavy (non-hydrogen) atoms. The third-order valence-corrected chi connectivity index (χ3v) is 5.35. The summed E-state index contributed by atoms with van der Waals surface area (Å²) in [6.07, 6.45) is 8.86. The van der Waals surface area contributed by atoms with Gasteiger partial charge in [0.2, 0.25) is 5.91 Å². The lowest BCUT2D eigenvalue weighted by Crippen LogP contribution is -2.24. The maximum atomic E-state index is 12.6. The minimum absolute atomic E-state index is 0.0635. The summed E-state index contributed by atoms with van der Waals surface area (Å²) in [5.74, 6) is -0.0635. The third-order valence-electron chi connectivity index (χ3n) is 4.47. The monoisotopic (exact) mass is 400 g/mol. The van der Waals surface area contributed by atoms with Gasteiger partial charge in [-0.15, -0.1) is 11.3 Å². The van der Waals surface area contributed by atoms with Crippen molar-refractivity contribution in [2.24, 2.45) is 0 Å². The molecule has 0 fully saturated rings. The Morgan fingerprint density at radius 3 is 2.62 bits per heavy atom. The molecule has 6 heteroatoms. The van der Waals surface area contributed by atoms with Gasteiger partial charge in [-0.3, -0.25) is 9.78 Å². The van der Waals surface area contributed by atoms with E-state index >= 15 is 0 Å². The van der Waals surface area contributed by atoms with E-state index in [1.54, 1.807) is 41.8 Å². The van der Waals surface area contributed by atoms with Gasteiger partial charge in [-0.25, -0.2) is 4.68 Å². The van der Waals surface area contributed by atoms with E-state index in [1.807, 2.05) is 76.9 Å².